The van der Waals surface area contributed by atoms with Gasteiger partial charge < -0.3 is 19.6 Å². The molecule has 0 spiro atoms. The Morgan fingerprint density at radius 2 is 2.03 bits per heavy atom. The number of H-pyrrole nitrogens is 2. The van der Waals surface area contributed by atoms with E-state index in [1.807, 2.05) is 24.3 Å². The Kier molecular flexibility index (Phi) is 4.82. The van der Waals surface area contributed by atoms with Gasteiger partial charge in [-0.25, -0.2) is 4.79 Å². The highest BCUT2D eigenvalue weighted by molar-refractivity contribution is 6.34. The van der Waals surface area contributed by atoms with Crippen molar-refractivity contribution in [3.05, 3.63) is 64.7 Å². The van der Waals surface area contributed by atoms with E-state index in [9.17, 15) is 9.90 Å². The van der Waals surface area contributed by atoms with Gasteiger partial charge in [-0.1, -0.05) is 17.7 Å². The van der Waals surface area contributed by atoms with Gasteiger partial charge in [0.1, 0.15) is 5.75 Å². The van der Waals surface area contributed by atoms with Crippen LogP contribution in [0.5, 0.6) is 17.6 Å². The summed E-state index contributed by atoms with van der Waals surface area (Å²) in [6.07, 6.45) is 0. The number of hydrogen-bond acceptors (Lipinski definition) is 4. The molecule has 8 heteroatoms. The molecule has 4 rings (SSSR count). The van der Waals surface area contributed by atoms with E-state index >= 15 is 0 Å². The van der Waals surface area contributed by atoms with Crippen molar-refractivity contribution < 1.29 is 24.4 Å². The topological polar surface area (TPSA) is 98.6 Å². The minimum Gasteiger partial charge on any atom is -0.478 e. The van der Waals surface area contributed by atoms with Crippen LogP contribution in [0.1, 0.15) is 15.9 Å². The fourth-order valence-electron chi connectivity index (χ4n) is 2.99. The lowest BCUT2D eigenvalue weighted by atomic mass is 10.1. The molecular formula is C21H17ClN3O4+. The highest BCUT2D eigenvalue weighted by atomic mass is 35.5. The maximum absolute atomic E-state index is 11.3. The third-order valence-corrected chi connectivity index (χ3v) is 4.79. The number of aromatic carboxylic acids is 1. The summed E-state index contributed by atoms with van der Waals surface area (Å²) in [6, 6.07) is 14.2. The molecule has 0 aliphatic carbocycles. The highest BCUT2D eigenvalue weighted by Gasteiger charge is 2.16. The zero-order valence-corrected chi connectivity index (χ0v) is 16.4. The van der Waals surface area contributed by atoms with Crippen molar-refractivity contribution in [3.8, 4) is 28.9 Å². The van der Waals surface area contributed by atoms with Gasteiger partial charge in [0.05, 0.1) is 40.4 Å². The molecule has 0 amide bonds. The molecule has 0 aliphatic heterocycles. The number of rotatable bonds is 5. The Balaban J connectivity index is 1.70. The standard InChI is InChI=1S/C21H16ClN3O4/c1-11-6-7-12(8-13(11)20(26)27)29-21-24-17-9-14(15(22)10-18(17)25-21)16-4-3-5-19(23-16)28-2/h3-10H,1-2H3,(H,24,25)(H,26,27)/p+1. The van der Waals surface area contributed by atoms with Crippen LogP contribution in [0.25, 0.3) is 22.3 Å². The number of aromatic nitrogens is 3. The second kappa shape index (κ2) is 7.44. The molecule has 29 heavy (non-hydrogen) atoms. The fourth-order valence-corrected chi connectivity index (χ4v) is 3.26. The minimum atomic E-state index is -1.01. The third kappa shape index (κ3) is 3.72. The highest BCUT2D eigenvalue weighted by Crippen LogP contribution is 2.32. The molecule has 0 bridgehead atoms. The number of nitrogens with zero attached hydrogens (tertiary/aromatic N) is 1. The molecule has 7 nitrogen and oxygen atoms in total. The van der Waals surface area contributed by atoms with Gasteiger partial charge >= 0.3 is 11.8 Å². The lowest BCUT2D eigenvalue weighted by Gasteiger charge is -2.05. The molecule has 0 saturated heterocycles. The molecule has 3 N–H and O–H groups in total. The summed E-state index contributed by atoms with van der Waals surface area (Å²) < 4.78 is 11.0. The number of benzene rings is 2. The first-order valence-electron chi connectivity index (χ1n) is 8.72. The number of halogens is 1. The van der Waals surface area contributed by atoms with Crippen molar-refractivity contribution in [1.82, 2.24) is 9.97 Å². The second-order valence-electron chi connectivity index (χ2n) is 6.41. The number of ether oxygens (including phenoxy) is 2. The van der Waals surface area contributed by atoms with E-state index in [4.69, 9.17) is 21.1 Å². The van der Waals surface area contributed by atoms with Crippen molar-refractivity contribution in [2.24, 2.45) is 0 Å². The molecule has 0 saturated carbocycles. The quantitative estimate of drug-likeness (QED) is 0.504. The van der Waals surface area contributed by atoms with Crippen molar-refractivity contribution in [2.75, 3.05) is 7.11 Å². The van der Waals surface area contributed by atoms with Crippen molar-refractivity contribution in [1.29, 1.82) is 0 Å². The predicted molar refractivity (Wildman–Crippen MR) is 108 cm³/mol. The molecule has 2 aromatic heterocycles. The van der Waals surface area contributed by atoms with Crippen LogP contribution in [0.3, 0.4) is 0 Å². The molecule has 0 unspecified atom stereocenters. The molecule has 2 heterocycles. The van der Waals surface area contributed by atoms with Gasteiger partial charge in [-0.05, 0) is 42.8 Å². The molecular weight excluding hydrogens is 394 g/mol. The molecule has 2 aromatic carbocycles. The third-order valence-electron chi connectivity index (χ3n) is 4.48. The van der Waals surface area contributed by atoms with Gasteiger partial charge in [0.15, 0.2) is 0 Å². The first kappa shape index (κ1) is 18.8. The smallest absolute Gasteiger partial charge is 0.366 e. The molecule has 0 radical (unpaired) electrons. The zero-order valence-electron chi connectivity index (χ0n) is 15.6. The number of fused-ring (bicyclic) bond motifs is 1. The summed E-state index contributed by atoms with van der Waals surface area (Å²) in [5, 5.41) is 9.80. The largest absolute Gasteiger partial charge is 0.478 e. The summed E-state index contributed by atoms with van der Waals surface area (Å²) in [4.78, 5) is 22.0. The van der Waals surface area contributed by atoms with Crippen LogP contribution >= 0.6 is 11.6 Å². The van der Waals surface area contributed by atoms with Crippen LogP contribution in [0.4, 0.5) is 0 Å². The first-order chi connectivity index (χ1) is 13.9. The average molecular weight is 411 g/mol. The number of carbonyl (C=O) groups is 1. The molecule has 0 fully saturated rings. The van der Waals surface area contributed by atoms with Gasteiger partial charge in [0.25, 0.3) is 6.01 Å². The van der Waals surface area contributed by atoms with E-state index < -0.39 is 5.97 Å². The predicted octanol–water partition coefficient (Wildman–Crippen LogP) is 4.50. The van der Waals surface area contributed by atoms with Crippen LogP contribution in [-0.2, 0) is 0 Å². The summed E-state index contributed by atoms with van der Waals surface area (Å²) in [6.45, 7) is 1.73. The Labute approximate surface area is 170 Å². The van der Waals surface area contributed by atoms with E-state index in [2.05, 4.69) is 15.0 Å². The number of nitrogens with one attached hydrogen (secondary N) is 2. The Hall–Kier alpha value is -3.58. The van der Waals surface area contributed by atoms with Gasteiger partial charge in [-0.2, -0.15) is 9.97 Å². The number of carboxylic acid groups (broad SMARTS) is 1. The Bertz CT molecular complexity index is 1240. The van der Waals surface area contributed by atoms with Crippen LogP contribution in [0.15, 0.2) is 48.5 Å². The number of aromatic amines is 2. The fraction of sp³-hybridized carbons (Fsp3) is 0.0952. The van der Waals surface area contributed by atoms with Crippen LogP contribution in [0, 0.1) is 6.92 Å². The van der Waals surface area contributed by atoms with E-state index in [0.29, 0.717) is 33.2 Å². The first-order valence-corrected chi connectivity index (χ1v) is 9.10. The number of methoxy groups -OCH3 is 1. The number of imidazole rings is 1. The molecule has 4 aromatic rings. The summed E-state index contributed by atoms with van der Waals surface area (Å²) >= 11 is 6.46. The van der Waals surface area contributed by atoms with E-state index in [1.165, 1.54) is 6.07 Å². The summed E-state index contributed by atoms with van der Waals surface area (Å²) in [5.74, 6) is -0.0265. The van der Waals surface area contributed by atoms with Gasteiger partial charge in [-0.3, -0.25) is 0 Å². The minimum absolute atomic E-state index is 0.178. The Morgan fingerprint density at radius 3 is 2.79 bits per heavy atom. The van der Waals surface area contributed by atoms with Gasteiger partial charge in [0, 0.05) is 6.07 Å². The molecule has 146 valence electrons. The lowest BCUT2D eigenvalue weighted by Crippen LogP contribution is -2.10. The second-order valence-corrected chi connectivity index (χ2v) is 6.82. The lowest BCUT2D eigenvalue weighted by molar-refractivity contribution is -0.380. The maximum Gasteiger partial charge on any atom is 0.366 e. The SMILES string of the molecule is COc1cccc(-c2cc3nc(Oc4ccc(C)c(C(=O)O)c4)[nH]c3cc2Cl)[nH+]1. The number of pyridine rings is 1. The van der Waals surface area contributed by atoms with Crippen molar-refractivity contribution in [2.45, 2.75) is 6.92 Å². The average Bonchev–Trinajstić information content (AvgIpc) is 3.09. The number of hydrogen-bond donors (Lipinski definition) is 2. The molecule has 0 atom stereocenters. The number of carboxylic acids is 1. The zero-order chi connectivity index (χ0) is 20.5. The van der Waals surface area contributed by atoms with Gasteiger partial charge in [0.2, 0.25) is 5.69 Å². The molecule has 0 aliphatic rings. The van der Waals surface area contributed by atoms with Gasteiger partial charge in [-0.15, -0.1) is 0 Å². The summed E-state index contributed by atoms with van der Waals surface area (Å²) in [7, 11) is 1.58. The Morgan fingerprint density at radius 1 is 1.21 bits per heavy atom. The van der Waals surface area contributed by atoms with E-state index in [-0.39, 0.29) is 11.6 Å². The van der Waals surface area contributed by atoms with Crippen LogP contribution in [0.2, 0.25) is 5.02 Å². The van der Waals surface area contributed by atoms with Crippen molar-refractivity contribution >= 4 is 28.6 Å². The normalized spacial score (nSPS) is 10.9. The van der Waals surface area contributed by atoms with Crippen molar-refractivity contribution in [3.63, 3.8) is 0 Å². The van der Waals surface area contributed by atoms with Crippen LogP contribution < -0.4 is 14.5 Å². The van der Waals surface area contributed by atoms with E-state index in [0.717, 1.165) is 11.3 Å². The van der Waals surface area contributed by atoms with E-state index in [1.54, 1.807) is 32.2 Å². The maximum atomic E-state index is 11.3. The number of aryl methyl sites for hydroxylation is 1. The van der Waals surface area contributed by atoms with Crippen LogP contribution in [-0.4, -0.2) is 28.2 Å². The monoisotopic (exact) mass is 410 g/mol. The summed E-state index contributed by atoms with van der Waals surface area (Å²) in [5.41, 5.74) is 3.73.